The fraction of sp³-hybridized carbons (Fsp3) is 0.500. The predicted molar refractivity (Wildman–Crippen MR) is 43.8 cm³/mol. The van der Waals surface area contributed by atoms with Crippen molar-refractivity contribution in [2.45, 2.75) is 0 Å². The molecule has 1 aromatic heterocycles. The van der Waals surface area contributed by atoms with E-state index in [1.54, 1.807) is 5.38 Å². The summed E-state index contributed by atoms with van der Waals surface area (Å²) in [5.41, 5.74) is -0.0139. The van der Waals surface area contributed by atoms with Crippen LogP contribution in [0.25, 0.3) is 0 Å². The number of ether oxygens (including phenoxy) is 1. The standard InChI is InChI=1S/C3H3NOS.C3H7NO/c5-3-1-2-6-4-3;1-2-5-3-4-1/h1-2H,(H,4,5);4H,1-3H2. The Labute approximate surface area is 68.4 Å². The molecule has 1 aliphatic heterocycles. The van der Waals surface area contributed by atoms with Gasteiger partial charge in [-0.25, -0.2) is 0 Å². The molecule has 0 spiro atoms. The van der Waals surface area contributed by atoms with Crippen LogP contribution in [0.2, 0.25) is 0 Å². The van der Waals surface area contributed by atoms with Gasteiger partial charge < -0.3 is 4.74 Å². The molecule has 1 saturated heterocycles. The second-order valence-electron chi connectivity index (χ2n) is 1.94. The molecule has 1 fully saturated rings. The highest BCUT2D eigenvalue weighted by atomic mass is 32.1. The molecule has 0 bridgehead atoms. The fourth-order valence-corrected chi connectivity index (χ4v) is 1.03. The fourth-order valence-electron chi connectivity index (χ4n) is 0.583. The number of H-pyrrole nitrogens is 1. The second kappa shape index (κ2) is 5.06. The average Bonchev–Trinajstić information content (AvgIpc) is 2.57. The maximum absolute atomic E-state index is 10.0. The lowest BCUT2D eigenvalue weighted by Gasteiger charge is -1.76. The maximum Gasteiger partial charge on any atom is 0.257 e. The van der Waals surface area contributed by atoms with Gasteiger partial charge in [0.05, 0.1) is 13.3 Å². The summed E-state index contributed by atoms with van der Waals surface area (Å²) < 4.78 is 7.32. The van der Waals surface area contributed by atoms with Crippen LogP contribution in [0.3, 0.4) is 0 Å². The summed E-state index contributed by atoms with van der Waals surface area (Å²) in [6, 6.07) is 1.49. The second-order valence-corrected chi connectivity index (χ2v) is 2.65. The van der Waals surface area contributed by atoms with Crippen LogP contribution in [-0.4, -0.2) is 24.3 Å². The summed E-state index contributed by atoms with van der Waals surface area (Å²) in [6.45, 7) is 2.67. The van der Waals surface area contributed by atoms with Gasteiger partial charge in [0.25, 0.3) is 5.56 Å². The maximum atomic E-state index is 10.0. The minimum absolute atomic E-state index is 0.0139. The number of hydrogen-bond donors (Lipinski definition) is 2. The van der Waals surface area contributed by atoms with Gasteiger partial charge in [0.2, 0.25) is 0 Å². The first-order chi connectivity index (χ1) is 5.39. The smallest absolute Gasteiger partial charge is 0.257 e. The molecule has 11 heavy (non-hydrogen) atoms. The molecular formula is C6H10N2O2S. The summed E-state index contributed by atoms with van der Waals surface area (Å²) >= 11 is 1.30. The number of aromatic amines is 1. The van der Waals surface area contributed by atoms with Crippen LogP contribution in [0.15, 0.2) is 16.2 Å². The van der Waals surface area contributed by atoms with Crippen LogP contribution in [0.4, 0.5) is 0 Å². The van der Waals surface area contributed by atoms with E-state index in [1.807, 2.05) is 0 Å². The number of hydrogen-bond acceptors (Lipinski definition) is 4. The first kappa shape index (κ1) is 8.45. The van der Waals surface area contributed by atoms with E-state index in [-0.39, 0.29) is 5.56 Å². The zero-order valence-electron chi connectivity index (χ0n) is 6.00. The Bertz CT molecular complexity index is 204. The monoisotopic (exact) mass is 174 g/mol. The molecule has 0 unspecified atom stereocenters. The zero-order chi connectivity index (χ0) is 7.94. The topological polar surface area (TPSA) is 54.1 Å². The van der Waals surface area contributed by atoms with Crippen LogP contribution in [0.5, 0.6) is 0 Å². The zero-order valence-corrected chi connectivity index (χ0v) is 6.82. The van der Waals surface area contributed by atoms with Crippen molar-refractivity contribution in [3.8, 4) is 0 Å². The highest BCUT2D eigenvalue weighted by molar-refractivity contribution is 7.03. The van der Waals surface area contributed by atoms with Crippen LogP contribution in [-0.2, 0) is 4.74 Å². The Morgan fingerprint density at radius 2 is 2.55 bits per heavy atom. The Balaban J connectivity index is 0.000000112. The van der Waals surface area contributed by atoms with E-state index in [0.29, 0.717) is 0 Å². The van der Waals surface area contributed by atoms with Gasteiger partial charge in [-0.2, -0.15) is 0 Å². The summed E-state index contributed by atoms with van der Waals surface area (Å²) in [5.74, 6) is 0. The lowest BCUT2D eigenvalue weighted by molar-refractivity contribution is 0.194. The Kier molecular flexibility index (Phi) is 3.89. The highest BCUT2D eigenvalue weighted by Crippen LogP contribution is 1.77. The first-order valence-corrected chi connectivity index (χ1v) is 4.18. The van der Waals surface area contributed by atoms with Gasteiger partial charge >= 0.3 is 0 Å². The van der Waals surface area contributed by atoms with Crippen LogP contribution in [0, 0.1) is 0 Å². The number of rotatable bonds is 0. The van der Waals surface area contributed by atoms with Crippen LogP contribution >= 0.6 is 11.5 Å². The summed E-state index contributed by atoms with van der Waals surface area (Å²) in [7, 11) is 0. The van der Waals surface area contributed by atoms with Gasteiger partial charge in [0, 0.05) is 18.0 Å². The molecule has 0 aromatic carbocycles. The summed E-state index contributed by atoms with van der Waals surface area (Å²) in [4.78, 5) is 10.0. The molecule has 2 heterocycles. The molecule has 0 aliphatic carbocycles. The van der Waals surface area contributed by atoms with E-state index in [2.05, 4.69) is 9.69 Å². The minimum atomic E-state index is -0.0139. The molecular weight excluding hydrogens is 164 g/mol. The predicted octanol–water partition coefficient (Wildman–Crippen LogP) is 0.0001000. The van der Waals surface area contributed by atoms with Crippen molar-refractivity contribution in [1.82, 2.24) is 9.69 Å². The quantitative estimate of drug-likeness (QED) is 0.582. The van der Waals surface area contributed by atoms with E-state index < -0.39 is 0 Å². The van der Waals surface area contributed by atoms with Crippen molar-refractivity contribution in [3.63, 3.8) is 0 Å². The number of nitrogens with one attached hydrogen (secondary N) is 2. The van der Waals surface area contributed by atoms with Gasteiger partial charge in [-0.05, 0) is 0 Å². The van der Waals surface area contributed by atoms with Crippen molar-refractivity contribution in [2.75, 3.05) is 19.9 Å². The molecule has 5 heteroatoms. The lowest BCUT2D eigenvalue weighted by Crippen LogP contribution is -2.05. The third-order valence-electron chi connectivity index (χ3n) is 1.07. The molecule has 0 radical (unpaired) electrons. The van der Waals surface area contributed by atoms with Gasteiger partial charge in [-0.3, -0.25) is 14.5 Å². The van der Waals surface area contributed by atoms with Crippen molar-refractivity contribution in [1.29, 1.82) is 0 Å². The van der Waals surface area contributed by atoms with E-state index >= 15 is 0 Å². The molecule has 4 nitrogen and oxygen atoms in total. The molecule has 0 atom stereocenters. The SMILES string of the molecule is C1COCN1.O=c1ccs[nH]1. The molecule has 2 N–H and O–H groups in total. The van der Waals surface area contributed by atoms with Crippen molar-refractivity contribution < 1.29 is 4.74 Å². The molecule has 2 rings (SSSR count). The van der Waals surface area contributed by atoms with Crippen LogP contribution < -0.4 is 10.9 Å². The minimum Gasteiger partial charge on any atom is -0.365 e. The van der Waals surface area contributed by atoms with Crippen LogP contribution in [0.1, 0.15) is 0 Å². The highest BCUT2D eigenvalue weighted by Gasteiger charge is 1.92. The van der Waals surface area contributed by atoms with E-state index in [9.17, 15) is 4.79 Å². The first-order valence-electron chi connectivity index (χ1n) is 3.30. The third kappa shape index (κ3) is 3.92. The molecule has 62 valence electrons. The largest absolute Gasteiger partial charge is 0.365 e. The van der Waals surface area contributed by atoms with Crippen molar-refractivity contribution in [2.24, 2.45) is 0 Å². The molecule has 1 aromatic rings. The van der Waals surface area contributed by atoms with Crippen molar-refractivity contribution in [3.05, 3.63) is 21.8 Å². The summed E-state index contributed by atoms with van der Waals surface area (Å²) in [6.07, 6.45) is 0. The van der Waals surface area contributed by atoms with Gasteiger partial charge in [-0.1, -0.05) is 11.5 Å². The lowest BCUT2D eigenvalue weighted by atomic mass is 10.7. The van der Waals surface area contributed by atoms with E-state index in [1.165, 1.54) is 17.6 Å². The van der Waals surface area contributed by atoms with E-state index in [0.717, 1.165) is 19.9 Å². The van der Waals surface area contributed by atoms with Crippen molar-refractivity contribution >= 4 is 11.5 Å². The Morgan fingerprint density at radius 1 is 1.64 bits per heavy atom. The normalized spacial score (nSPS) is 15.6. The average molecular weight is 174 g/mol. The molecule has 0 amide bonds. The third-order valence-corrected chi connectivity index (χ3v) is 1.67. The van der Waals surface area contributed by atoms with Gasteiger partial charge in [0.15, 0.2) is 0 Å². The van der Waals surface area contributed by atoms with E-state index in [4.69, 9.17) is 4.74 Å². The molecule has 1 aliphatic rings. The van der Waals surface area contributed by atoms with Gasteiger partial charge in [-0.15, -0.1) is 0 Å². The summed E-state index contributed by atoms with van der Waals surface area (Å²) in [5, 5.41) is 4.71. The Morgan fingerprint density at radius 3 is 2.73 bits per heavy atom. The molecule has 0 saturated carbocycles. The Hall–Kier alpha value is -0.650. The number of aromatic nitrogens is 1. The van der Waals surface area contributed by atoms with Gasteiger partial charge in [0.1, 0.15) is 0 Å².